The highest BCUT2D eigenvalue weighted by atomic mass is 79.9. The third-order valence-electron chi connectivity index (χ3n) is 2.97. The van der Waals surface area contributed by atoms with E-state index in [4.69, 9.17) is 21.6 Å². The number of pyridine rings is 1. The van der Waals surface area contributed by atoms with Crippen LogP contribution in [-0.4, -0.2) is 4.98 Å². The molecular formula is C16H8BrClN2O. The van der Waals surface area contributed by atoms with Gasteiger partial charge in [-0.1, -0.05) is 11.6 Å². The van der Waals surface area contributed by atoms with E-state index in [1.165, 1.54) is 0 Å². The molecule has 0 aliphatic carbocycles. The lowest BCUT2D eigenvalue weighted by molar-refractivity contribution is 0.487. The smallest absolute Gasteiger partial charge is 0.153 e. The van der Waals surface area contributed by atoms with Crippen LogP contribution in [0.5, 0.6) is 11.5 Å². The number of nitrogens with zero attached hydrogens (tertiary/aromatic N) is 2. The highest BCUT2D eigenvalue weighted by molar-refractivity contribution is 9.10. The summed E-state index contributed by atoms with van der Waals surface area (Å²) in [4.78, 5) is 4.32. The molecule has 0 aliphatic rings. The molecule has 0 N–H and O–H groups in total. The molecule has 0 amide bonds. The van der Waals surface area contributed by atoms with E-state index < -0.39 is 0 Å². The fourth-order valence-electron chi connectivity index (χ4n) is 1.97. The number of ether oxygens (including phenoxy) is 1. The van der Waals surface area contributed by atoms with E-state index in [-0.39, 0.29) is 0 Å². The summed E-state index contributed by atoms with van der Waals surface area (Å²) in [6.07, 6.45) is 1.69. The zero-order chi connectivity index (χ0) is 14.8. The zero-order valence-corrected chi connectivity index (χ0v) is 13.0. The second-order valence-corrected chi connectivity index (χ2v) is 5.56. The van der Waals surface area contributed by atoms with Crippen molar-refractivity contribution in [3.63, 3.8) is 0 Å². The first kappa shape index (κ1) is 13.9. The van der Waals surface area contributed by atoms with Gasteiger partial charge in [0.2, 0.25) is 0 Å². The van der Waals surface area contributed by atoms with Gasteiger partial charge in [-0.25, -0.2) is 0 Å². The quantitative estimate of drug-likeness (QED) is 0.622. The Morgan fingerprint density at radius 3 is 2.81 bits per heavy atom. The Bertz CT molecular complexity index is 874. The second kappa shape index (κ2) is 5.72. The minimum absolute atomic E-state index is 0.557. The van der Waals surface area contributed by atoms with E-state index >= 15 is 0 Å². The lowest BCUT2D eigenvalue weighted by Gasteiger charge is -2.09. The maximum atomic E-state index is 8.93. The van der Waals surface area contributed by atoms with Gasteiger partial charge in [-0.05, 0) is 58.4 Å². The Kier molecular flexibility index (Phi) is 3.78. The second-order valence-electron chi connectivity index (χ2n) is 4.30. The molecule has 0 saturated heterocycles. The van der Waals surface area contributed by atoms with Crippen molar-refractivity contribution in [2.75, 3.05) is 0 Å². The van der Waals surface area contributed by atoms with Crippen LogP contribution in [0.3, 0.4) is 0 Å². The van der Waals surface area contributed by atoms with Crippen molar-refractivity contribution < 1.29 is 4.74 Å². The van der Waals surface area contributed by atoms with Crippen LogP contribution >= 0.6 is 27.5 Å². The first-order valence-electron chi connectivity index (χ1n) is 6.10. The Morgan fingerprint density at radius 2 is 2.05 bits per heavy atom. The molecule has 0 radical (unpaired) electrons. The number of rotatable bonds is 2. The first-order valence-corrected chi connectivity index (χ1v) is 7.27. The molecule has 1 heterocycles. The highest BCUT2D eigenvalue weighted by Crippen LogP contribution is 2.33. The monoisotopic (exact) mass is 358 g/mol. The van der Waals surface area contributed by atoms with Crippen LogP contribution in [0.15, 0.2) is 53.1 Å². The fraction of sp³-hybridized carbons (Fsp3) is 0. The Balaban J connectivity index is 2.05. The summed E-state index contributed by atoms with van der Waals surface area (Å²) in [5.74, 6) is 1.24. The molecule has 102 valence electrons. The van der Waals surface area contributed by atoms with E-state index in [0.717, 1.165) is 5.39 Å². The molecule has 3 nitrogen and oxygen atoms in total. The summed E-state index contributed by atoms with van der Waals surface area (Å²) < 4.78 is 6.56. The van der Waals surface area contributed by atoms with E-state index in [1.807, 2.05) is 12.1 Å². The molecule has 3 aromatic rings. The first-order chi connectivity index (χ1) is 10.2. The molecule has 0 saturated carbocycles. The van der Waals surface area contributed by atoms with Gasteiger partial charge in [-0.2, -0.15) is 5.26 Å². The van der Waals surface area contributed by atoms with Crippen molar-refractivity contribution >= 4 is 38.4 Å². The third kappa shape index (κ3) is 2.71. The van der Waals surface area contributed by atoms with Crippen LogP contribution < -0.4 is 4.74 Å². The molecule has 1 aromatic heterocycles. The van der Waals surface area contributed by atoms with Crippen molar-refractivity contribution in [1.29, 1.82) is 5.26 Å². The summed E-state index contributed by atoms with van der Waals surface area (Å²) in [5.41, 5.74) is 1.26. The predicted octanol–water partition coefficient (Wildman–Crippen LogP) is 5.31. The lowest BCUT2D eigenvalue weighted by Crippen LogP contribution is -1.89. The minimum Gasteiger partial charge on any atom is -0.455 e. The largest absolute Gasteiger partial charge is 0.455 e. The summed E-state index contributed by atoms with van der Waals surface area (Å²) in [5, 5.41) is 10.4. The van der Waals surface area contributed by atoms with Gasteiger partial charge in [-0.3, -0.25) is 4.98 Å². The van der Waals surface area contributed by atoms with E-state index in [2.05, 4.69) is 27.0 Å². The number of hydrogen-bond donors (Lipinski definition) is 0. The van der Waals surface area contributed by atoms with E-state index in [0.29, 0.717) is 32.1 Å². The molecule has 3 rings (SSSR count). The average Bonchev–Trinajstić information content (AvgIpc) is 2.51. The maximum absolute atomic E-state index is 8.93. The molecule has 21 heavy (non-hydrogen) atoms. The summed E-state index contributed by atoms with van der Waals surface area (Å²) in [7, 11) is 0. The Morgan fingerprint density at radius 1 is 1.19 bits per heavy atom. The van der Waals surface area contributed by atoms with Crippen LogP contribution in [0, 0.1) is 11.3 Å². The van der Waals surface area contributed by atoms with Crippen LogP contribution in [0.1, 0.15) is 5.56 Å². The van der Waals surface area contributed by atoms with Crippen molar-refractivity contribution in [3.05, 3.63) is 63.7 Å². The molecule has 0 fully saturated rings. The van der Waals surface area contributed by atoms with Gasteiger partial charge >= 0.3 is 0 Å². The summed E-state index contributed by atoms with van der Waals surface area (Å²) >= 11 is 9.50. The molecule has 0 bridgehead atoms. The zero-order valence-electron chi connectivity index (χ0n) is 10.7. The van der Waals surface area contributed by atoms with Crippen LogP contribution in [-0.2, 0) is 0 Å². The third-order valence-corrected chi connectivity index (χ3v) is 3.95. The van der Waals surface area contributed by atoms with E-state index in [9.17, 15) is 0 Å². The maximum Gasteiger partial charge on any atom is 0.153 e. The summed E-state index contributed by atoms with van der Waals surface area (Å²) in [6.45, 7) is 0. The number of hydrogen-bond acceptors (Lipinski definition) is 3. The van der Waals surface area contributed by atoms with Gasteiger partial charge < -0.3 is 4.74 Å². The van der Waals surface area contributed by atoms with Gasteiger partial charge in [0.05, 0.1) is 10.6 Å². The van der Waals surface area contributed by atoms with Gasteiger partial charge in [0, 0.05) is 16.1 Å². The number of halogens is 2. The standard InChI is InChI=1S/C16H8BrClN2O/c17-13-8-11(4-3-10(13)9-19)21-15-6-5-14(18)12-2-1-7-20-16(12)15/h1-8H. The topological polar surface area (TPSA) is 45.9 Å². The Labute approximate surface area is 134 Å². The molecular weight excluding hydrogens is 352 g/mol. The molecule has 0 atom stereocenters. The SMILES string of the molecule is N#Cc1ccc(Oc2ccc(Cl)c3cccnc23)cc1Br. The number of aromatic nitrogens is 1. The van der Waals surface area contributed by atoms with Crippen molar-refractivity contribution in [2.45, 2.75) is 0 Å². The van der Waals surface area contributed by atoms with Gasteiger partial charge in [0.15, 0.2) is 5.75 Å². The number of nitriles is 1. The van der Waals surface area contributed by atoms with Crippen molar-refractivity contribution in [3.8, 4) is 17.6 Å². The van der Waals surface area contributed by atoms with Crippen molar-refractivity contribution in [2.24, 2.45) is 0 Å². The molecule has 0 aliphatic heterocycles. The average molecular weight is 360 g/mol. The molecule has 0 unspecified atom stereocenters. The molecule has 5 heteroatoms. The van der Waals surface area contributed by atoms with Gasteiger partial charge in [0.25, 0.3) is 0 Å². The van der Waals surface area contributed by atoms with Crippen molar-refractivity contribution in [1.82, 2.24) is 4.98 Å². The van der Waals surface area contributed by atoms with Crippen LogP contribution in [0.2, 0.25) is 5.02 Å². The minimum atomic E-state index is 0.557. The number of fused-ring (bicyclic) bond motifs is 1. The van der Waals surface area contributed by atoms with Crippen LogP contribution in [0.4, 0.5) is 0 Å². The molecule has 2 aromatic carbocycles. The van der Waals surface area contributed by atoms with Crippen LogP contribution in [0.25, 0.3) is 10.9 Å². The van der Waals surface area contributed by atoms with E-state index in [1.54, 1.807) is 36.5 Å². The Hall–Kier alpha value is -2.09. The predicted molar refractivity (Wildman–Crippen MR) is 85.7 cm³/mol. The fourth-order valence-corrected chi connectivity index (χ4v) is 2.63. The summed E-state index contributed by atoms with van der Waals surface area (Å²) in [6, 6.07) is 14.6. The molecule has 0 spiro atoms. The van der Waals surface area contributed by atoms with Gasteiger partial charge in [-0.15, -0.1) is 0 Å². The number of benzene rings is 2. The normalized spacial score (nSPS) is 10.3. The lowest BCUT2D eigenvalue weighted by atomic mass is 10.2. The van der Waals surface area contributed by atoms with Gasteiger partial charge in [0.1, 0.15) is 17.3 Å². The highest BCUT2D eigenvalue weighted by Gasteiger charge is 2.09.